The van der Waals surface area contributed by atoms with Crippen LogP contribution in [0.5, 0.6) is 5.75 Å². The first-order valence-electron chi connectivity index (χ1n) is 8.37. The second-order valence-corrected chi connectivity index (χ2v) is 8.96. The zero-order valence-corrected chi connectivity index (χ0v) is 16.4. The lowest BCUT2D eigenvalue weighted by Crippen LogP contribution is -2.27. The summed E-state index contributed by atoms with van der Waals surface area (Å²) in [5.41, 5.74) is 2.73. The second kappa shape index (κ2) is 7.58. The van der Waals surface area contributed by atoms with Crippen LogP contribution >= 0.6 is 0 Å². The van der Waals surface area contributed by atoms with Crippen molar-refractivity contribution in [2.24, 2.45) is 0 Å². The molecule has 0 saturated carbocycles. The molecule has 0 bridgehead atoms. The molecule has 5 heteroatoms. The molecule has 2 aromatic rings. The van der Waals surface area contributed by atoms with Gasteiger partial charge in [0.2, 0.25) is 10.0 Å². The minimum Gasteiger partial charge on any atom is -0.497 e. The molecule has 0 aliphatic carbocycles. The summed E-state index contributed by atoms with van der Waals surface area (Å²) < 4.78 is 33.2. The van der Waals surface area contributed by atoms with Gasteiger partial charge in [-0.05, 0) is 53.6 Å². The Morgan fingerprint density at radius 1 is 1.04 bits per heavy atom. The molecule has 0 aliphatic heterocycles. The molecule has 0 heterocycles. The van der Waals surface area contributed by atoms with E-state index >= 15 is 0 Å². The fraction of sp³-hybridized carbons (Fsp3) is 0.400. The van der Waals surface area contributed by atoms with Gasteiger partial charge in [-0.3, -0.25) is 0 Å². The van der Waals surface area contributed by atoms with Crippen molar-refractivity contribution in [3.8, 4) is 5.75 Å². The van der Waals surface area contributed by atoms with Gasteiger partial charge in [0.15, 0.2) is 0 Å². The van der Waals surface area contributed by atoms with Crippen LogP contribution in [0.15, 0.2) is 47.4 Å². The van der Waals surface area contributed by atoms with Crippen molar-refractivity contribution in [1.29, 1.82) is 0 Å². The summed E-state index contributed by atoms with van der Waals surface area (Å²) in [7, 11) is -1.91. The zero-order chi connectivity index (χ0) is 18.7. The number of ether oxygens (including phenoxy) is 1. The molecule has 0 radical (unpaired) electrons. The summed E-state index contributed by atoms with van der Waals surface area (Å²) in [6.45, 7) is 8.40. The average molecular weight is 362 g/mol. The molecule has 25 heavy (non-hydrogen) atoms. The Hall–Kier alpha value is -1.85. The normalized spacial score (nSPS) is 12.2. The summed E-state index contributed by atoms with van der Waals surface area (Å²) in [6, 6.07) is 13.3. The summed E-state index contributed by atoms with van der Waals surface area (Å²) in [5.74, 6) is 0.791. The van der Waals surface area contributed by atoms with E-state index in [1.54, 1.807) is 13.2 Å². The minimum absolute atomic E-state index is 0.0962. The number of nitrogens with one attached hydrogen (secondary N) is 1. The van der Waals surface area contributed by atoms with Gasteiger partial charge in [0.25, 0.3) is 0 Å². The SMILES string of the molecule is COc1ccc(CCNS(=O)(=O)c2cc(C(C)(C)C)ccc2C)cc1. The predicted octanol–water partition coefficient (Wildman–Crippen LogP) is 3.82. The Labute approximate surface area is 151 Å². The topological polar surface area (TPSA) is 55.4 Å². The van der Waals surface area contributed by atoms with Crippen LogP contribution in [-0.4, -0.2) is 22.1 Å². The average Bonchev–Trinajstić information content (AvgIpc) is 2.54. The summed E-state index contributed by atoms with van der Waals surface area (Å²) in [5, 5.41) is 0. The Bertz CT molecular complexity index is 819. The molecule has 0 saturated heterocycles. The van der Waals surface area contributed by atoms with E-state index in [-0.39, 0.29) is 5.41 Å². The molecule has 0 unspecified atom stereocenters. The monoisotopic (exact) mass is 361 g/mol. The highest BCUT2D eigenvalue weighted by atomic mass is 32.2. The van der Waals surface area contributed by atoms with E-state index in [4.69, 9.17) is 4.74 Å². The maximum atomic E-state index is 12.7. The van der Waals surface area contributed by atoms with E-state index in [9.17, 15) is 8.42 Å². The third-order valence-electron chi connectivity index (χ3n) is 4.21. The Balaban J connectivity index is 2.10. The third-order valence-corrected chi connectivity index (χ3v) is 5.81. The van der Waals surface area contributed by atoms with Gasteiger partial charge in [-0.25, -0.2) is 13.1 Å². The van der Waals surface area contributed by atoms with Gasteiger partial charge in [0.1, 0.15) is 5.75 Å². The van der Waals surface area contributed by atoms with Crippen molar-refractivity contribution < 1.29 is 13.2 Å². The number of methoxy groups -OCH3 is 1. The molecular formula is C20H27NO3S. The first kappa shape index (κ1) is 19.5. The molecule has 0 aliphatic rings. The van der Waals surface area contributed by atoms with E-state index in [1.807, 2.05) is 43.3 Å². The largest absolute Gasteiger partial charge is 0.497 e. The highest BCUT2D eigenvalue weighted by Crippen LogP contribution is 2.26. The van der Waals surface area contributed by atoms with Crippen LogP contribution in [0.2, 0.25) is 0 Å². The summed E-state index contributed by atoms with van der Waals surface area (Å²) in [6.07, 6.45) is 0.626. The smallest absolute Gasteiger partial charge is 0.240 e. The first-order chi connectivity index (χ1) is 11.6. The van der Waals surface area contributed by atoms with Crippen molar-refractivity contribution in [2.45, 2.75) is 44.4 Å². The summed E-state index contributed by atoms with van der Waals surface area (Å²) in [4.78, 5) is 0.356. The number of hydrogen-bond donors (Lipinski definition) is 1. The Morgan fingerprint density at radius 2 is 1.68 bits per heavy atom. The van der Waals surface area contributed by atoms with Crippen LogP contribution in [0, 0.1) is 6.92 Å². The van der Waals surface area contributed by atoms with Crippen molar-refractivity contribution in [3.63, 3.8) is 0 Å². The molecule has 2 aromatic carbocycles. The van der Waals surface area contributed by atoms with Crippen molar-refractivity contribution in [3.05, 3.63) is 59.2 Å². The van der Waals surface area contributed by atoms with Gasteiger partial charge in [-0.1, -0.05) is 45.0 Å². The summed E-state index contributed by atoms with van der Waals surface area (Å²) >= 11 is 0. The van der Waals surface area contributed by atoms with Gasteiger partial charge in [0, 0.05) is 6.54 Å². The lowest BCUT2D eigenvalue weighted by Gasteiger charge is -2.21. The van der Waals surface area contributed by atoms with Crippen LogP contribution in [0.1, 0.15) is 37.5 Å². The van der Waals surface area contributed by atoms with Crippen molar-refractivity contribution >= 4 is 10.0 Å². The number of rotatable bonds is 6. The maximum Gasteiger partial charge on any atom is 0.240 e. The number of benzene rings is 2. The van der Waals surface area contributed by atoms with Crippen LogP contribution < -0.4 is 9.46 Å². The van der Waals surface area contributed by atoms with Gasteiger partial charge >= 0.3 is 0 Å². The Morgan fingerprint density at radius 3 is 2.24 bits per heavy atom. The molecule has 0 spiro atoms. The highest BCUT2D eigenvalue weighted by Gasteiger charge is 2.21. The van der Waals surface area contributed by atoms with E-state index in [1.165, 1.54) is 0 Å². The molecule has 0 fully saturated rings. The third kappa shape index (κ3) is 5.06. The van der Waals surface area contributed by atoms with Crippen LogP contribution in [0.3, 0.4) is 0 Å². The van der Waals surface area contributed by atoms with E-state index in [0.29, 0.717) is 17.9 Å². The van der Waals surface area contributed by atoms with Crippen LogP contribution in [0.4, 0.5) is 0 Å². The van der Waals surface area contributed by atoms with Gasteiger partial charge in [-0.2, -0.15) is 0 Å². The van der Waals surface area contributed by atoms with Crippen molar-refractivity contribution in [1.82, 2.24) is 4.72 Å². The van der Waals surface area contributed by atoms with Crippen molar-refractivity contribution in [2.75, 3.05) is 13.7 Å². The lowest BCUT2D eigenvalue weighted by atomic mass is 9.87. The highest BCUT2D eigenvalue weighted by molar-refractivity contribution is 7.89. The zero-order valence-electron chi connectivity index (χ0n) is 15.6. The molecule has 2 rings (SSSR count). The maximum absolute atomic E-state index is 12.7. The van der Waals surface area contributed by atoms with Gasteiger partial charge in [-0.15, -0.1) is 0 Å². The standard InChI is InChI=1S/C20H27NO3S/c1-15-6-9-17(20(2,3)4)14-19(15)25(22,23)21-13-12-16-7-10-18(24-5)11-8-16/h6-11,14,21H,12-13H2,1-5H3. The van der Waals surface area contributed by atoms with Gasteiger partial charge in [0.05, 0.1) is 12.0 Å². The molecule has 1 N–H and O–H groups in total. The van der Waals surface area contributed by atoms with Crippen LogP contribution in [-0.2, 0) is 21.9 Å². The van der Waals surface area contributed by atoms with E-state index in [2.05, 4.69) is 25.5 Å². The van der Waals surface area contributed by atoms with E-state index in [0.717, 1.165) is 22.4 Å². The van der Waals surface area contributed by atoms with Gasteiger partial charge < -0.3 is 4.74 Å². The number of aryl methyl sites for hydroxylation is 1. The first-order valence-corrected chi connectivity index (χ1v) is 9.85. The molecule has 136 valence electrons. The lowest BCUT2D eigenvalue weighted by molar-refractivity contribution is 0.414. The fourth-order valence-electron chi connectivity index (χ4n) is 2.56. The molecule has 4 nitrogen and oxygen atoms in total. The fourth-order valence-corrected chi connectivity index (χ4v) is 3.86. The Kier molecular flexibility index (Phi) is 5.91. The van der Waals surface area contributed by atoms with Crippen LogP contribution in [0.25, 0.3) is 0 Å². The predicted molar refractivity (Wildman–Crippen MR) is 102 cm³/mol. The second-order valence-electron chi connectivity index (χ2n) is 7.23. The quantitative estimate of drug-likeness (QED) is 0.851. The minimum atomic E-state index is -3.53. The number of sulfonamides is 1. The molecular weight excluding hydrogens is 334 g/mol. The molecule has 0 atom stereocenters. The number of hydrogen-bond acceptors (Lipinski definition) is 3. The molecule has 0 aromatic heterocycles. The van der Waals surface area contributed by atoms with E-state index < -0.39 is 10.0 Å². The molecule has 0 amide bonds.